The SMILES string of the molecule is CC1CCCCN1CCNC(=O)N1CC(Oc2ccc(F)cc2)C1.O=CO. The first-order valence-corrected chi connectivity index (χ1v) is 9.30. The number of hydrogen-bond acceptors (Lipinski definition) is 4. The zero-order chi connectivity index (χ0) is 19.6. The maximum atomic E-state index is 12.8. The van der Waals surface area contributed by atoms with Crippen molar-refractivity contribution in [3.05, 3.63) is 30.1 Å². The molecule has 0 bridgehead atoms. The second kappa shape index (κ2) is 10.7. The van der Waals surface area contributed by atoms with Crippen LogP contribution in [0.2, 0.25) is 0 Å². The molecule has 0 spiro atoms. The molecule has 3 rings (SSSR count). The van der Waals surface area contributed by atoms with Crippen molar-refractivity contribution >= 4 is 12.5 Å². The van der Waals surface area contributed by atoms with Crippen LogP contribution in [0.1, 0.15) is 26.2 Å². The fourth-order valence-corrected chi connectivity index (χ4v) is 3.29. The van der Waals surface area contributed by atoms with Gasteiger partial charge in [0, 0.05) is 19.1 Å². The first kappa shape index (κ1) is 21.0. The normalized spacial score (nSPS) is 20.1. The summed E-state index contributed by atoms with van der Waals surface area (Å²) in [6, 6.07) is 6.56. The van der Waals surface area contributed by atoms with Gasteiger partial charge in [-0.2, -0.15) is 0 Å². The molecule has 150 valence electrons. The Labute approximate surface area is 159 Å². The van der Waals surface area contributed by atoms with Crippen LogP contribution < -0.4 is 10.1 Å². The number of halogens is 1. The van der Waals surface area contributed by atoms with E-state index in [9.17, 15) is 9.18 Å². The Balaban J connectivity index is 0.000000817. The van der Waals surface area contributed by atoms with Crippen LogP contribution in [-0.2, 0) is 4.79 Å². The van der Waals surface area contributed by atoms with E-state index in [1.54, 1.807) is 17.0 Å². The second-order valence-electron chi connectivity index (χ2n) is 6.82. The maximum absolute atomic E-state index is 12.8. The summed E-state index contributed by atoms with van der Waals surface area (Å²) in [6.07, 6.45) is 3.81. The first-order valence-electron chi connectivity index (χ1n) is 9.30. The van der Waals surface area contributed by atoms with E-state index in [4.69, 9.17) is 14.6 Å². The van der Waals surface area contributed by atoms with Gasteiger partial charge in [0.1, 0.15) is 17.7 Å². The van der Waals surface area contributed by atoms with Crippen molar-refractivity contribution in [2.45, 2.75) is 38.3 Å². The summed E-state index contributed by atoms with van der Waals surface area (Å²) in [5, 5.41) is 9.87. The van der Waals surface area contributed by atoms with Crippen LogP contribution in [-0.4, -0.2) is 72.3 Å². The summed E-state index contributed by atoms with van der Waals surface area (Å²) in [4.78, 5) is 24.6. The van der Waals surface area contributed by atoms with Gasteiger partial charge in [0.15, 0.2) is 0 Å². The van der Waals surface area contributed by atoms with Gasteiger partial charge in [-0.3, -0.25) is 9.69 Å². The van der Waals surface area contributed by atoms with Gasteiger partial charge in [0.2, 0.25) is 0 Å². The summed E-state index contributed by atoms with van der Waals surface area (Å²) >= 11 is 0. The first-order chi connectivity index (χ1) is 13.0. The molecule has 0 aliphatic carbocycles. The molecular formula is C19H28FN3O4. The molecular weight excluding hydrogens is 353 g/mol. The summed E-state index contributed by atoms with van der Waals surface area (Å²) in [7, 11) is 0. The number of benzene rings is 1. The van der Waals surface area contributed by atoms with Crippen LogP contribution in [0.4, 0.5) is 9.18 Å². The average Bonchev–Trinajstić information content (AvgIpc) is 2.61. The van der Waals surface area contributed by atoms with E-state index >= 15 is 0 Å². The van der Waals surface area contributed by atoms with E-state index in [0.29, 0.717) is 31.4 Å². The molecule has 2 heterocycles. The molecule has 0 aromatic heterocycles. The molecule has 0 radical (unpaired) electrons. The van der Waals surface area contributed by atoms with Gasteiger partial charge in [-0.15, -0.1) is 0 Å². The van der Waals surface area contributed by atoms with Crippen molar-refractivity contribution in [2.24, 2.45) is 0 Å². The lowest BCUT2D eigenvalue weighted by molar-refractivity contribution is -0.122. The van der Waals surface area contributed by atoms with Crippen molar-refractivity contribution in [1.82, 2.24) is 15.1 Å². The van der Waals surface area contributed by atoms with Crippen molar-refractivity contribution in [3.8, 4) is 5.75 Å². The summed E-state index contributed by atoms with van der Waals surface area (Å²) < 4.78 is 18.5. The molecule has 2 N–H and O–H groups in total. The number of likely N-dealkylation sites (tertiary alicyclic amines) is 2. The minimum Gasteiger partial charge on any atom is -0.487 e. The summed E-state index contributed by atoms with van der Waals surface area (Å²) in [6.45, 7) is 5.88. The number of ether oxygens (including phenoxy) is 1. The van der Waals surface area contributed by atoms with Crippen molar-refractivity contribution in [1.29, 1.82) is 0 Å². The van der Waals surface area contributed by atoms with E-state index in [2.05, 4.69) is 17.1 Å². The maximum Gasteiger partial charge on any atom is 0.317 e. The Bertz CT molecular complexity index is 593. The topological polar surface area (TPSA) is 82.1 Å². The standard InChI is InChI=1S/C18H26FN3O2.CH2O2/c1-14-4-2-3-10-21(14)11-9-20-18(23)22-12-17(13-22)24-16-7-5-15(19)6-8-16;2-1-3/h5-8,14,17H,2-4,9-13H2,1H3,(H,20,23);1H,(H,2,3). The predicted molar refractivity (Wildman–Crippen MR) is 99.4 cm³/mol. The number of hydrogen-bond donors (Lipinski definition) is 2. The van der Waals surface area contributed by atoms with Gasteiger partial charge in [-0.05, 0) is 50.6 Å². The van der Waals surface area contributed by atoms with Gasteiger partial charge in [-0.1, -0.05) is 6.42 Å². The van der Waals surface area contributed by atoms with Gasteiger partial charge in [0.25, 0.3) is 6.47 Å². The van der Waals surface area contributed by atoms with E-state index in [1.165, 1.54) is 31.4 Å². The number of carbonyl (C=O) groups excluding carboxylic acids is 1. The fourth-order valence-electron chi connectivity index (χ4n) is 3.29. The van der Waals surface area contributed by atoms with Crippen LogP contribution in [0.3, 0.4) is 0 Å². The third kappa shape index (κ3) is 6.71. The van der Waals surface area contributed by atoms with Crippen molar-refractivity contribution < 1.29 is 23.8 Å². The van der Waals surface area contributed by atoms with Crippen LogP contribution in [0.5, 0.6) is 5.75 Å². The van der Waals surface area contributed by atoms with Gasteiger partial charge in [-0.25, -0.2) is 9.18 Å². The van der Waals surface area contributed by atoms with Crippen LogP contribution in [0.25, 0.3) is 0 Å². The van der Waals surface area contributed by atoms with Crippen molar-refractivity contribution in [2.75, 3.05) is 32.7 Å². The molecule has 1 aromatic rings. The third-order valence-electron chi connectivity index (χ3n) is 4.87. The molecule has 2 aliphatic rings. The molecule has 2 aliphatic heterocycles. The van der Waals surface area contributed by atoms with Gasteiger partial charge < -0.3 is 20.1 Å². The Morgan fingerprint density at radius 3 is 2.63 bits per heavy atom. The summed E-state index contributed by atoms with van der Waals surface area (Å²) in [5.41, 5.74) is 0. The minimum atomic E-state index is -0.278. The Hall–Kier alpha value is -2.35. The number of urea groups is 1. The average molecular weight is 381 g/mol. The Kier molecular flexibility index (Phi) is 8.32. The number of nitrogens with zero attached hydrogens (tertiary/aromatic N) is 2. The molecule has 2 saturated heterocycles. The second-order valence-corrected chi connectivity index (χ2v) is 6.82. The van der Waals surface area contributed by atoms with E-state index in [0.717, 1.165) is 13.1 Å². The zero-order valence-electron chi connectivity index (χ0n) is 15.6. The highest BCUT2D eigenvalue weighted by Gasteiger charge is 2.32. The predicted octanol–water partition coefficient (Wildman–Crippen LogP) is 2.17. The molecule has 2 fully saturated rings. The van der Waals surface area contributed by atoms with E-state index in [-0.39, 0.29) is 24.4 Å². The largest absolute Gasteiger partial charge is 0.487 e. The quantitative estimate of drug-likeness (QED) is 0.764. The molecule has 1 unspecified atom stereocenters. The lowest BCUT2D eigenvalue weighted by Gasteiger charge is -2.39. The smallest absolute Gasteiger partial charge is 0.317 e. The van der Waals surface area contributed by atoms with Crippen LogP contribution in [0, 0.1) is 5.82 Å². The monoisotopic (exact) mass is 381 g/mol. The van der Waals surface area contributed by atoms with Gasteiger partial charge in [0.05, 0.1) is 13.1 Å². The molecule has 8 heteroatoms. The minimum absolute atomic E-state index is 0.0108. The highest BCUT2D eigenvalue weighted by Crippen LogP contribution is 2.18. The lowest BCUT2D eigenvalue weighted by Crippen LogP contribution is -2.59. The molecule has 7 nitrogen and oxygen atoms in total. The molecule has 0 saturated carbocycles. The molecule has 1 aromatic carbocycles. The highest BCUT2D eigenvalue weighted by atomic mass is 19.1. The number of carbonyl (C=O) groups is 2. The number of piperidine rings is 1. The van der Waals surface area contributed by atoms with Crippen molar-refractivity contribution in [3.63, 3.8) is 0 Å². The van der Waals surface area contributed by atoms with Crippen LogP contribution in [0.15, 0.2) is 24.3 Å². The lowest BCUT2D eigenvalue weighted by atomic mass is 10.0. The number of carboxylic acid groups (broad SMARTS) is 1. The molecule has 2 amide bonds. The molecule has 27 heavy (non-hydrogen) atoms. The van der Waals surface area contributed by atoms with Gasteiger partial charge >= 0.3 is 6.03 Å². The number of nitrogens with one attached hydrogen (secondary N) is 1. The Morgan fingerprint density at radius 2 is 2.00 bits per heavy atom. The summed E-state index contributed by atoms with van der Waals surface area (Å²) in [5.74, 6) is 0.362. The highest BCUT2D eigenvalue weighted by molar-refractivity contribution is 5.75. The van der Waals surface area contributed by atoms with E-state index < -0.39 is 0 Å². The number of amides is 2. The Morgan fingerprint density at radius 1 is 1.33 bits per heavy atom. The van der Waals surface area contributed by atoms with Crippen LogP contribution >= 0.6 is 0 Å². The zero-order valence-corrected chi connectivity index (χ0v) is 15.6. The molecule has 1 atom stereocenters. The van der Waals surface area contributed by atoms with E-state index in [1.807, 2.05) is 0 Å². The fraction of sp³-hybridized carbons (Fsp3) is 0.579. The third-order valence-corrected chi connectivity index (χ3v) is 4.87. The number of rotatable bonds is 5.